The monoisotopic (exact) mass is 459 g/mol. The maximum Gasteiger partial charge on any atom is 0.256 e. The maximum absolute atomic E-state index is 12.4. The highest BCUT2D eigenvalue weighted by molar-refractivity contribution is 9.10. The van der Waals surface area contributed by atoms with Gasteiger partial charge in [0.25, 0.3) is 5.91 Å². The quantitative estimate of drug-likeness (QED) is 0.670. The summed E-state index contributed by atoms with van der Waals surface area (Å²) in [5, 5.41) is 6.55. The fourth-order valence-electron chi connectivity index (χ4n) is 2.92. The number of halogens is 3. The fourth-order valence-corrected chi connectivity index (χ4v) is 3.38. The number of nitrogens with zero attached hydrogens (tertiary/aromatic N) is 1. The molecule has 0 radical (unpaired) electrons. The van der Waals surface area contributed by atoms with Crippen LogP contribution in [0, 0.1) is 0 Å². The number of carbonyl (C=O) groups excluding carboxylic acids is 1. The van der Waals surface area contributed by atoms with E-state index in [9.17, 15) is 4.79 Å². The first kappa shape index (κ1) is 22.8. The van der Waals surface area contributed by atoms with Crippen LogP contribution in [-0.2, 0) is 0 Å². The summed E-state index contributed by atoms with van der Waals surface area (Å²) in [6.07, 6.45) is 2.29. The van der Waals surface area contributed by atoms with Crippen molar-refractivity contribution in [2.75, 3.05) is 30.8 Å². The average molecular weight is 461 g/mol. The average Bonchev–Trinajstić information content (AvgIpc) is 2.58. The van der Waals surface area contributed by atoms with Gasteiger partial charge in [0, 0.05) is 21.9 Å². The summed E-state index contributed by atoms with van der Waals surface area (Å²) < 4.78 is 0.795. The number of hydrogen-bond donors (Lipinski definition) is 2. The van der Waals surface area contributed by atoms with Crippen LogP contribution in [0.4, 0.5) is 11.4 Å². The maximum atomic E-state index is 12.4. The molecule has 0 bridgehead atoms. The van der Waals surface area contributed by atoms with Crippen LogP contribution in [0.2, 0.25) is 0 Å². The molecule has 0 unspecified atom stereocenters. The second-order valence-electron chi connectivity index (χ2n) is 6.24. The van der Waals surface area contributed by atoms with E-state index >= 15 is 0 Å². The van der Waals surface area contributed by atoms with Crippen LogP contribution in [0.15, 0.2) is 53.0 Å². The van der Waals surface area contributed by atoms with Crippen molar-refractivity contribution in [2.24, 2.45) is 0 Å². The molecule has 4 nitrogen and oxygen atoms in total. The highest BCUT2D eigenvalue weighted by Crippen LogP contribution is 2.21. The minimum absolute atomic E-state index is 0. The van der Waals surface area contributed by atoms with E-state index < -0.39 is 0 Å². The van der Waals surface area contributed by atoms with Crippen LogP contribution in [0.5, 0.6) is 0 Å². The summed E-state index contributed by atoms with van der Waals surface area (Å²) in [6, 6.07) is 15.8. The first-order chi connectivity index (χ1) is 11.6. The largest absolute Gasteiger partial charge is 0.382 e. The molecule has 2 aromatic carbocycles. The Balaban J connectivity index is 0.00000169. The molecule has 1 aliphatic rings. The van der Waals surface area contributed by atoms with E-state index in [0.29, 0.717) is 11.6 Å². The lowest BCUT2D eigenvalue weighted by Crippen LogP contribution is -2.36. The number of carbonyl (C=O) groups is 1. The Hall–Kier alpha value is -1.27. The fraction of sp³-hybridized carbons (Fsp3) is 0.316. The number of rotatable bonds is 4. The molecule has 3 rings (SSSR count). The molecule has 0 atom stereocenters. The zero-order valence-corrected chi connectivity index (χ0v) is 17.8. The van der Waals surface area contributed by atoms with Gasteiger partial charge in [0.15, 0.2) is 0 Å². The molecule has 1 saturated heterocycles. The second kappa shape index (κ2) is 10.8. The van der Waals surface area contributed by atoms with Gasteiger partial charge in [-0.3, -0.25) is 4.79 Å². The molecule has 2 N–H and O–H groups in total. The van der Waals surface area contributed by atoms with Gasteiger partial charge in [-0.1, -0.05) is 18.2 Å². The van der Waals surface area contributed by atoms with Crippen molar-refractivity contribution in [3.63, 3.8) is 0 Å². The van der Waals surface area contributed by atoms with Gasteiger partial charge < -0.3 is 15.5 Å². The number of anilines is 2. The Morgan fingerprint density at radius 1 is 1.04 bits per heavy atom. The van der Waals surface area contributed by atoms with Crippen molar-refractivity contribution in [1.82, 2.24) is 4.90 Å². The molecule has 0 saturated carbocycles. The van der Waals surface area contributed by atoms with Crippen LogP contribution in [0.3, 0.4) is 0 Å². The molecule has 1 aliphatic heterocycles. The van der Waals surface area contributed by atoms with Gasteiger partial charge in [-0.15, -0.1) is 24.8 Å². The van der Waals surface area contributed by atoms with Gasteiger partial charge in [0.05, 0.1) is 5.56 Å². The third-order valence-electron chi connectivity index (χ3n) is 4.33. The molecule has 142 valence electrons. The van der Waals surface area contributed by atoms with E-state index in [4.69, 9.17) is 0 Å². The third-order valence-corrected chi connectivity index (χ3v) is 5.02. The molecule has 1 heterocycles. The van der Waals surface area contributed by atoms with E-state index in [0.717, 1.165) is 41.8 Å². The lowest BCUT2D eigenvalue weighted by Gasteiger charge is -2.30. The summed E-state index contributed by atoms with van der Waals surface area (Å²) in [7, 11) is 2.16. The normalized spacial score (nSPS) is 14.7. The SMILES string of the molecule is CN1CCC(Nc2cccc(NC(=O)c3ccccc3Br)c2)CC1.Cl.Cl. The van der Waals surface area contributed by atoms with E-state index in [1.165, 1.54) is 0 Å². The Labute approximate surface area is 175 Å². The van der Waals surface area contributed by atoms with Crippen molar-refractivity contribution in [1.29, 1.82) is 0 Å². The number of likely N-dealkylation sites (tertiary alicyclic amines) is 1. The van der Waals surface area contributed by atoms with Gasteiger partial charge in [-0.2, -0.15) is 0 Å². The minimum atomic E-state index is -0.112. The number of nitrogens with one attached hydrogen (secondary N) is 2. The van der Waals surface area contributed by atoms with Gasteiger partial charge >= 0.3 is 0 Å². The molecular formula is C19H24BrCl2N3O. The number of hydrogen-bond acceptors (Lipinski definition) is 3. The van der Waals surface area contributed by atoms with Crippen molar-refractivity contribution in [3.8, 4) is 0 Å². The summed E-state index contributed by atoms with van der Waals surface area (Å²) in [5.74, 6) is -0.112. The topological polar surface area (TPSA) is 44.4 Å². The van der Waals surface area contributed by atoms with Crippen LogP contribution < -0.4 is 10.6 Å². The predicted molar refractivity (Wildman–Crippen MR) is 117 cm³/mol. The summed E-state index contributed by atoms with van der Waals surface area (Å²) in [6.45, 7) is 2.24. The van der Waals surface area contributed by atoms with Crippen LogP contribution in [0.25, 0.3) is 0 Å². The summed E-state index contributed by atoms with van der Waals surface area (Å²) >= 11 is 3.42. The zero-order valence-electron chi connectivity index (χ0n) is 14.6. The molecule has 7 heteroatoms. The minimum Gasteiger partial charge on any atom is -0.382 e. The van der Waals surface area contributed by atoms with Crippen molar-refractivity contribution >= 4 is 58.0 Å². The van der Waals surface area contributed by atoms with Crippen LogP contribution >= 0.6 is 40.7 Å². The molecule has 0 spiro atoms. The highest BCUT2D eigenvalue weighted by Gasteiger charge is 2.16. The molecule has 26 heavy (non-hydrogen) atoms. The molecule has 2 aromatic rings. The Bertz CT molecular complexity index is 721. The smallest absolute Gasteiger partial charge is 0.256 e. The van der Waals surface area contributed by atoms with E-state index in [2.05, 4.69) is 38.5 Å². The first-order valence-corrected chi connectivity index (χ1v) is 9.02. The van der Waals surface area contributed by atoms with Gasteiger partial charge in [-0.25, -0.2) is 0 Å². The number of piperidine rings is 1. The standard InChI is InChI=1S/C19H22BrN3O.2ClH/c1-23-11-9-14(10-12-23)21-15-5-4-6-16(13-15)22-19(24)17-7-2-3-8-18(17)20;;/h2-8,13-14,21H,9-12H2,1H3,(H,22,24);2*1H. The van der Waals surface area contributed by atoms with E-state index in [1.807, 2.05) is 42.5 Å². The van der Waals surface area contributed by atoms with E-state index in [1.54, 1.807) is 6.07 Å². The van der Waals surface area contributed by atoms with Gasteiger partial charge in [0.2, 0.25) is 0 Å². The van der Waals surface area contributed by atoms with Gasteiger partial charge in [-0.05, 0) is 79.2 Å². The summed E-state index contributed by atoms with van der Waals surface area (Å²) in [5.41, 5.74) is 2.48. The van der Waals surface area contributed by atoms with E-state index in [-0.39, 0.29) is 30.7 Å². The zero-order chi connectivity index (χ0) is 16.9. The lowest BCUT2D eigenvalue weighted by atomic mass is 10.1. The first-order valence-electron chi connectivity index (χ1n) is 8.23. The Kier molecular flexibility index (Phi) is 9.44. The molecular weight excluding hydrogens is 437 g/mol. The molecule has 0 aliphatic carbocycles. The van der Waals surface area contributed by atoms with Crippen LogP contribution in [0.1, 0.15) is 23.2 Å². The third kappa shape index (κ3) is 6.16. The lowest BCUT2D eigenvalue weighted by molar-refractivity contribution is 0.102. The second-order valence-corrected chi connectivity index (χ2v) is 7.09. The molecule has 1 amide bonds. The predicted octanol–water partition coefficient (Wildman–Crippen LogP) is 5.05. The number of benzene rings is 2. The van der Waals surface area contributed by atoms with Crippen molar-refractivity contribution in [2.45, 2.75) is 18.9 Å². The number of amides is 1. The summed E-state index contributed by atoms with van der Waals surface area (Å²) in [4.78, 5) is 14.8. The van der Waals surface area contributed by atoms with Crippen LogP contribution in [-0.4, -0.2) is 37.0 Å². The van der Waals surface area contributed by atoms with Crippen molar-refractivity contribution < 1.29 is 4.79 Å². The highest BCUT2D eigenvalue weighted by atomic mass is 79.9. The Morgan fingerprint density at radius 3 is 2.38 bits per heavy atom. The molecule has 0 aromatic heterocycles. The van der Waals surface area contributed by atoms with Gasteiger partial charge in [0.1, 0.15) is 0 Å². The molecule has 1 fully saturated rings. The van der Waals surface area contributed by atoms with Crippen molar-refractivity contribution in [3.05, 3.63) is 58.6 Å². The Morgan fingerprint density at radius 2 is 1.69 bits per heavy atom.